The maximum Gasteiger partial charge on any atom is 0.153 e. The van der Waals surface area contributed by atoms with Crippen molar-refractivity contribution in [3.05, 3.63) is 82.5 Å². The van der Waals surface area contributed by atoms with E-state index in [2.05, 4.69) is 10.3 Å². The summed E-state index contributed by atoms with van der Waals surface area (Å²) in [6.07, 6.45) is 1.68. The van der Waals surface area contributed by atoms with Crippen LogP contribution < -0.4 is 11.1 Å². The number of hydrogen-bond donors (Lipinski definition) is 2. The molecule has 3 aromatic rings. The van der Waals surface area contributed by atoms with Gasteiger partial charge in [0, 0.05) is 17.4 Å². The molecule has 0 aliphatic heterocycles. The third-order valence-electron chi connectivity index (χ3n) is 3.71. The van der Waals surface area contributed by atoms with Crippen LogP contribution in [0.4, 0.5) is 17.2 Å². The van der Waals surface area contributed by atoms with Crippen LogP contribution >= 0.6 is 23.8 Å². The number of hydrogen-bond acceptors (Lipinski definition) is 4. The highest BCUT2D eigenvalue weighted by molar-refractivity contribution is 7.81. The number of thiocarbonyl (C=S) groups is 1. The molecule has 1 heterocycles. The van der Waals surface area contributed by atoms with Crippen molar-refractivity contribution in [2.45, 2.75) is 6.92 Å². The van der Waals surface area contributed by atoms with Gasteiger partial charge in [0.25, 0.3) is 0 Å². The van der Waals surface area contributed by atoms with Gasteiger partial charge in [-0.2, -0.15) is 0 Å². The molecule has 0 saturated carbocycles. The molecule has 0 radical (unpaired) electrons. The molecule has 24 heavy (non-hydrogen) atoms. The molecule has 0 aliphatic rings. The normalized spacial score (nSPS) is 10.4. The number of nitrogens with one attached hydrogen (secondary N) is 1. The molecular weight excluding hydrogens is 338 g/mol. The first-order chi connectivity index (χ1) is 11.6. The molecule has 0 atom stereocenters. The highest BCUT2D eigenvalue weighted by Gasteiger charge is 2.12. The molecule has 0 fully saturated rings. The van der Waals surface area contributed by atoms with Crippen LogP contribution in [-0.2, 0) is 0 Å². The van der Waals surface area contributed by atoms with Crippen LogP contribution in [0.2, 0.25) is 5.02 Å². The Hall–Kier alpha value is -2.43. The van der Waals surface area contributed by atoms with Crippen molar-refractivity contribution in [2.24, 2.45) is 0 Å². The lowest BCUT2D eigenvalue weighted by Crippen LogP contribution is -2.04. The Kier molecular flexibility index (Phi) is 4.79. The number of aromatic nitrogens is 1. The first kappa shape index (κ1) is 16.4. The van der Waals surface area contributed by atoms with Crippen molar-refractivity contribution in [2.75, 3.05) is 11.1 Å². The Morgan fingerprint density at radius 1 is 1.08 bits per heavy atom. The van der Waals surface area contributed by atoms with Crippen LogP contribution in [0.1, 0.15) is 16.7 Å². The second kappa shape index (κ2) is 6.99. The third kappa shape index (κ3) is 3.40. The Bertz CT molecular complexity index is 909. The molecule has 5 heteroatoms. The molecule has 1 aromatic heterocycles. The molecule has 2 aromatic carbocycles. The van der Waals surface area contributed by atoms with Crippen molar-refractivity contribution in [1.29, 1.82) is 0 Å². The standard InChI is InChI=1S/C19H16ClN3S/c1-12-5-2-3-6-14(12)18(24)15-9-8-13(11-16(15)20)23-19-17(21)7-4-10-22-19/h2-11H,21H2,1H3,(H,22,23). The highest BCUT2D eigenvalue weighted by Crippen LogP contribution is 2.27. The smallest absolute Gasteiger partial charge is 0.153 e. The van der Waals surface area contributed by atoms with Crippen molar-refractivity contribution < 1.29 is 0 Å². The van der Waals surface area contributed by atoms with Crippen LogP contribution in [0.15, 0.2) is 60.8 Å². The largest absolute Gasteiger partial charge is 0.396 e. The first-order valence-corrected chi connectivity index (χ1v) is 8.22. The zero-order valence-corrected chi connectivity index (χ0v) is 14.7. The number of pyridine rings is 1. The predicted molar refractivity (Wildman–Crippen MR) is 105 cm³/mol. The summed E-state index contributed by atoms with van der Waals surface area (Å²) in [6, 6.07) is 17.3. The summed E-state index contributed by atoms with van der Waals surface area (Å²) >= 11 is 12.1. The van der Waals surface area contributed by atoms with E-state index in [0.29, 0.717) is 16.5 Å². The Morgan fingerprint density at radius 2 is 1.88 bits per heavy atom. The summed E-state index contributed by atoms with van der Waals surface area (Å²) in [7, 11) is 0. The van der Waals surface area contributed by atoms with Gasteiger partial charge >= 0.3 is 0 Å². The molecule has 0 aliphatic carbocycles. The van der Waals surface area contributed by atoms with Crippen LogP contribution in [-0.4, -0.2) is 9.85 Å². The van der Waals surface area contributed by atoms with Crippen LogP contribution in [0.25, 0.3) is 0 Å². The van der Waals surface area contributed by atoms with Gasteiger partial charge in [-0.05, 0) is 48.4 Å². The van der Waals surface area contributed by atoms with Crippen molar-refractivity contribution in [1.82, 2.24) is 4.98 Å². The van der Waals surface area contributed by atoms with Gasteiger partial charge in [-0.3, -0.25) is 0 Å². The molecule has 0 unspecified atom stereocenters. The van der Waals surface area contributed by atoms with Gasteiger partial charge in [0.2, 0.25) is 0 Å². The molecule has 120 valence electrons. The van der Waals surface area contributed by atoms with E-state index >= 15 is 0 Å². The number of halogens is 1. The van der Waals surface area contributed by atoms with E-state index in [1.165, 1.54) is 0 Å². The molecule has 0 saturated heterocycles. The van der Waals surface area contributed by atoms with Gasteiger partial charge in [0.15, 0.2) is 5.82 Å². The van der Waals surface area contributed by atoms with E-state index in [4.69, 9.17) is 29.6 Å². The number of aryl methyl sites for hydroxylation is 1. The fourth-order valence-electron chi connectivity index (χ4n) is 2.41. The fraction of sp³-hybridized carbons (Fsp3) is 0.0526. The van der Waals surface area contributed by atoms with Crippen LogP contribution in [0.3, 0.4) is 0 Å². The molecule has 0 spiro atoms. The summed E-state index contributed by atoms with van der Waals surface area (Å²) in [5.74, 6) is 0.600. The molecule has 3 N–H and O–H groups in total. The van der Waals surface area contributed by atoms with Gasteiger partial charge in [0.05, 0.1) is 15.6 Å². The summed E-state index contributed by atoms with van der Waals surface area (Å²) in [6.45, 7) is 2.04. The van der Waals surface area contributed by atoms with E-state index in [9.17, 15) is 0 Å². The molecular formula is C19H16ClN3S. The fourth-order valence-corrected chi connectivity index (χ4v) is 3.15. The minimum absolute atomic E-state index is 0.577. The minimum Gasteiger partial charge on any atom is -0.396 e. The second-order valence-electron chi connectivity index (χ2n) is 5.40. The lowest BCUT2D eigenvalue weighted by Gasteiger charge is -2.12. The number of nitrogens with zero attached hydrogens (tertiary/aromatic N) is 1. The number of anilines is 3. The lowest BCUT2D eigenvalue weighted by molar-refractivity contribution is 1.31. The van der Waals surface area contributed by atoms with Crippen molar-refractivity contribution in [3.8, 4) is 0 Å². The quantitative estimate of drug-likeness (QED) is 0.504. The maximum absolute atomic E-state index is 6.45. The van der Waals surface area contributed by atoms with Crippen LogP contribution in [0, 0.1) is 6.92 Å². The van der Waals surface area contributed by atoms with E-state index in [-0.39, 0.29) is 0 Å². The molecule has 3 rings (SSSR count). The Labute approximate surface area is 151 Å². The summed E-state index contributed by atoms with van der Waals surface area (Å²) < 4.78 is 0. The van der Waals surface area contributed by atoms with Gasteiger partial charge in [-0.1, -0.05) is 48.1 Å². The molecule has 3 nitrogen and oxygen atoms in total. The summed E-state index contributed by atoms with van der Waals surface area (Å²) in [5.41, 5.74) is 10.3. The minimum atomic E-state index is 0.577. The number of nitrogens with two attached hydrogens (primary N) is 1. The lowest BCUT2D eigenvalue weighted by atomic mass is 10.00. The Morgan fingerprint density at radius 3 is 2.58 bits per heavy atom. The highest BCUT2D eigenvalue weighted by atomic mass is 35.5. The monoisotopic (exact) mass is 353 g/mol. The van der Waals surface area contributed by atoms with Gasteiger partial charge in [0.1, 0.15) is 0 Å². The predicted octanol–water partition coefficient (Wildman–Crippen LogP) is 5.14. The van der Waals surface area contributed by atoms with E-state index in [1.807, 2.05) is 49.4 Å². The van der Waals surface area contributed by atoms with Crippen molar-refractivity contribution in [3.63, 3.8) is 0 Å². The topological polar surface area (TPSA) is 50.9 Å². The SMILES string of the molecule is Cc1ccccc1C(=S)c1ccc(Nc2ncccc2N)cc1Cl. The Balaban J connectivity index is 1.89. The van der Waals surface area contributed by atoms with Gasteiger partial charge in [-0.15, -0.1) is 0 Å². The second-order valence-corrected chi connectivity index (χ2v) is 6.22. The number of benzene rings is 2. The first-order valence-electron chi connectivity index (χ1n) is 7.43. The summed E-state index contributed by atoms with van der Waals surface area (Å²) in [5, 5.41) is 3.75. The van der Waals surface area contributed by atoms with E-state index in [0.717, 1.165) is 27.2 Å². The third-order valence-corrected chi connectivity index (χ3v) is 4.46. The zero-order valence-electron chi connectivity index (χ0n) is 13.1. The number of nitrogen functional groups attached to an aromatic ring is 1. The van der Waals surface area contributed by atoms with E-state index < -0.39 is 0 Å². The summed E-state index contributed by atoms with van der Waals surface area (Å²) in [4.78, 5) is 4.95. The number of rotatable bonds is 4. The average Bonchev–Trinajstić information content (AvgIpc) is 2.57. The molecule has 0 bridgehead atoms. The van der Waals surface area contributed by atoms with Crippen LogP contribution in [0.5, 0.6) is 0 Å². The van der Waals surface area contributed by atoms with Crippen molar-refractivity contribution >= 4 is 45.9 Å². The van der Waals surface area contributed by atoms with E-state index in [1.54, 1.807) is 18.3 Å². The van der Waals surface area contributed by atoms with Gasteiger partial charge in [-0.25, -0.2) is 4.98 Å². The zero-order chi connectivity index (χ0) is 17.1. The average molecular weight is 354 g/mol. The molecule has 0 amide bonds. The maximum atomic E-state index is 6.45. The van der Waals surface area contributed by atoms with Gasteiger partial charge < -0.3 is 11.1 Å².